The second-order valence-corrected chi connectivity index (χ2v) is 3.43. The number of nitrogens with zero attached hydrogens (tertiary/aromatic N) is 1. The highest BCUT2D eigenvalue weighted by molar-refractivity contribution is 5.92. The van der Waals surface area contributed by atoms with Gasteiger partial charge in [0.15, 0.2) is 5.69 Å². The zero-order valence-corrected chi connectivity index (χ0v) is 9.23. The number of nitro groups is 1. The third-order valence-electron chi connectivity index (χ3n) is 2.15. The molecule has 2 N–H and O–H groups in total. The van der Waals surface area contributed by atoms with Crippen molar-refractivity contribution < 1.29 is 9.72 Å². The molecule has 90 valence electrons. The van der Waals surface area contributed by atoms with E-state index < -0.39 is 4.92 Å². The van der Waals surface area contributed by atoms with Crippen LogP contribution in [0.3, 0.4) is 0 Å². The topological polar surface area (TPSA) is 88.0 Å². The van der Waals surface area contributed by atoms with Crippen LogP contribution in [-0.2, 0) is 0 Å². The summed E-state index contributed by atoms with van der Waals surface area (Å²) < 4.78 is 0. The van der Waals surface area contributed by atoms with Crippen molar-refractivity contribution in [3.05, 3.63) is 27.9 Å². The molecule has 0 atom stereocenters. The van der Waals surface area contributed by atoms with E-state index in [0.29, 0.717) is 13.0 Å². The van der Waals surface area contributed by atoms with Gasteiger partial charge in [0.2, 0.25) is 0 Å². The lowest BCUT2D eigenvalue weighted by molar-refractivity contribution is -0.389. The summed E-state index contributed by atoms with van der Waals surface area (Å²) in [6.45, 7) is 0.507. The second kappa shape index (κ2) is 6.33. The molecule has 1 amide bonds. The largest absolute Gasteiger partial charge is 0.358 e. The van der Waals surface area contributed by atoms with Crippen LogP contribution in [0.4, 0.5) is 5.82 Å². The Morgan fingerprint density at radius 1 is 1.53 bits per heavy atom. The molecule has 1 aromatic heterocycles. The number of amides is 1. The number of nitrogens with one attached hydrogen (secondary N) is 2. The highest BCUT2D eigenvalue weighted by Crippen LogP contribution is 2.09. The number of aromatic amines is 1. The predicted octanol–water partition coefficient (Wildman–Crippen LogP) is 1.46. The van der Waals surface area contributed by atoms with E-state index >= 15 is 0 Å². The van der Waals surface area contributed by atoms with E-state index in [9.17, 15) is 14.9 Å². The van der Waals surface area contributed by atoms with Gasteiger partial charge >= 0.3 is 5.82 Å². The number of rotatable bonds is 6. The highest BCUT2D eigenvalue weighted by atomic mass is 16.6. The van der Waals surface area contributed by atoms with Gasteiger partial charge in [-0.2, -0.15) is 0 Å². The van der Waals surface area contributed by atoms with Crippen molar-refractivity contribution in [1.82, 2.24) is 10.3 Å². The van der Waals surface area contributed by atoms with Crippen LogP contribution in [0.1, 0.15) is 29.8 Å². The van der Waals surface area contributed by atoms with Crippen LogP contribution in [0, 0.1) is 22.5 Å². The molecule has 6 nitrogen and oxygen atoms in total. The van der Waals surface area contributed by atoms with Gasteiger partial charge in [-0.05, 0) is 23.8 Å². The number of hydrogen-bond acceptors (Lipinski definition) is 3. The average molecular weight is 235 g/mol. The number of carbonyl (C=O) groups is 1. The minimum absolute atomic E-state index is 0.189. The summed E-state index contributed by atoms with van der Waals surface area (Å²) in [6.07, 6.45) is 7.41. The lowest BCUT2D eigenvalue weighted by Gasteiger charge is -2.00. The molecule has 0 saturated carbocycles. The summed E-state index contributed by atoms with van der Waals surface area (Å²) in [6, 6.07) is 2.64. The molecule has 0 unspecified atom stereocenters. The van der Waals surface area contributed by atoms with Crippen molar-refractivity contribution in [2.45, 2.75) is 19.3 Å². The molecule has 0 radical (unpaired) electrons. The molecule has 0 aliphatic carbocycles. The summed E-state index contributed by atoms with van der Waals surface area (Å²) in [4.78, 5) is 23.7. The standard InChI is InChI=1S/C11H13N3O3/c1-2-3-4-5-8-12-11(15)9-6-7-10(13-9)14(16)17/h1,6-7,13H,3-5,8H2,(H,12,15). The molecule has 0 aliphatic heterocycles. The van der Waals surface area contributed by atoms with Crippen LogP contribution in [-0.4, -0.2) is 22.4 Å². The monoisotopic (exact) mass is 235 g/mol. The first kappa shape index (κ1) is 12.8. The molecule has 0 aliphatic rings. The third kappa shape index (κ3) is 3.99. The quantitative estimate of drug-likeness (QED) is 0.338. The van der Waals surface area contributed by atoms with Gasteiger partial charge in [0.25, 0.3) is 5.91 Å². The van der Waals surface area contributed by atoms with E-state index in [0.717, 1.165) is 12.8 Å². The number of hydrogen-bond donors (Lipinski definition) is 2. The molecular formula is C11H13N3O3. The molecule has 17 heavy (non-hydrogen) atoms. The lowest BCUT2D eigenvalue weighted by Crippen LogP contribution is -2.24. The fourth-order valence-corrected chi connectivity index (χ4v) is 1.27. The Morgan fingerprint density at radius 3 is 2.88 bits per heavy atom. The van der Waals surface area contributed by atoms with Gasteiger partial charge in [-0.3, -0.25) is 4.79 Å². The molecule has 1 heterocycles. The van der Waals surface area contributed by atoms with Crippen LogP contribution in [0.2, 0.25) is 0 Å². The van der Waals surface area contributed by atoms with E-state index in [-0.39, 0.29) is 17.4 Å². The zero-order chi connectivity index (χ0) is 12.7. The number of terminal acetylenes is 1. The SMILES string of the molecule is C#CCCCCNC(=O)c1ccc([N+](=O)[O-])[nH]1. The maximum atomic E-state index is 11.5. The van der Waals surface area contributed by atoms with Gasteiger partial charge in [0, 0.05) is 19.0 Å². The Bertz CT molecular complexity index is 445. The molecule has 0 saturated heterocycles. The average Bonchev–Trinajstić information content (AvgIpc) is 2.78. The summed E-state index contributed by atoms with van der Waals surface area (Å²) in [7, 11) is 0. The second-order valence-electron chi connectivity index (χ2n) is 3.43. The predicted molar refractivity (Wildman–Crippen MR) is 62.5 cm³/mol. The van der Waals surface area contributed by atoms with E-state index in [1.54, 1.807) is 0 Å². The maximum Gasteiger partial charge on any atom is 0.321 e. The minimum atomic E-state index is -0.580. The molecule has 1 aromatic rings. The summed E-state index contributed by atoms with van der Waals surface area (Å²) in [5.74, 6) is 1.97. The fourth-order valence-electron chi connectivity index (χ4n) is 1.27. The first-order valence-electron chi connectivity index (χ1n) is 5.20. The van der Waals surface area contributed by atoms with E-state index in [1.165, 1.54) is 12.1 Å². The third-order valence-corrected chi connectivity index (χ3v) is 2.15. The van der Waals surface area contributed by atoms with Crippen LogP contribution in [0.15, 0.2) is 12.1 Å². The Hall–Kier alpha value is -2.29. The van der Waals surface area contributed by atoms with Crippen LogP contribution < -0.4 is 5.32 Å². The van der Waals surface area contributed by atoms with Crippen molar-refractivity contribution in [3.63, 3.8) is 0 Å². The molecule has 0 bridgehead atoms. The molecule has 0 spiro atoms. The Kier molecular flexibility index (Phi) is 4.76. The summed E-state index contributed by atoms with van der Waals surface area (Å²) in [5, 5.41) is 13.0. The fraction of sp³-hybridized carbons (Fsp3) is 0.364. The van der Waals surface area contributed by atoms with E-state index in [2.05, 4.69) is 16.2 Å². The molecule has 6 heteroatoms. The number of carbonyl (C=O) groups excluding carboxylic acids is 1. The molecule has 1 rings (SSSR count). The highest BCUT2D eigenvalue weighted by Gasteiger charge is 2.14. The van der Waals surface area contributed by atoms with E-state index in [4.69, 9.17) is 6.42 Å². The van der Waals surface area contributed by atoms with Crippen molar-refractivity contribution in [1.29, 1.82) is 0 Å². The van der Waals surface area contributed by atoms with Crippen molar-refractivity contribution in [2.24, 2.45) is 0 Å². The van der Waals surface area contributed by atoms with Gasteiger partial charge in [0.05, 0.1) is 0 Å². The van der Waals surface area contributed by atoms with Crippen molar-refractivity contribution >= 4 is 11.7 Å². The first-order chi connectivity index (χ1) is 8.15. The molecular weight excluding hydrogens is 222 g/mol. The molecule has 0 fully saturated rings. The minimum Gasteiger partial charge on any atom is -0.358 e. The normalized spacial score (nSPS) is 9.59. The Morgan fingerprint density at radius 2 is 2.29 bits per heavy atom. The Balaban J connectivity index is 2.37. The van der Waals surface area contributed by atoms with Crippen LogP contribution in [0.25, 0.3) is 0 Å². The van der Waals surface area contributed by atoms with Gasteiger partial charge in [-0.15, -0.1) is 12.3 Å². The van der Waals surface area contributed by atoms with Gasteiger partial charge in [-0.1, -0.05) is 0 Å². The van der Waals surface area contributed by atoms with Gasteiger partial charge in [-0.25, -0.2) is 4.98 Å². The smallest absolute Gasteiger partial charge is 0.321 e. The Labute approximate surface area is 98.6 Å². The number of unbranched alkanes of at least 4 members (excludes halogenated alkanes) is 2. The number of H-pyrrole nitrogens is 1. The van der Waals surface area contributed by atoms with E-state index in [1.807, 2.05) is 0 Å². The van der Waals surface area contributed by atoms with Crippen LogP contribution in [0.5, 0.6) is 0 Å². The zero-order valence-electron chi connectivity index (χ0n) is 9.23. The summed E-state index contributed by atoms with van der Waals surface area (Å²) >= 11 is 0. The van der Waals surface area contributed by atoms with Gasteiger partial charge < -0.3 is 15.4 Å². The number of aromatic nitrogens is 1. The first-order valence-corrected chi connectivity index (χ1v) is 5.20. The van der Waals surface area contributed by atoms with Crippen LogP contribution >= 0.6 is 0 Å². The maximum absolute atomic E-state index is 11.5. The summed E-state index contributed by atoms with van der Waals surface area (Å²) in [5.41, 5.74) is 0.189. The van der Waals surface area contributed by atoms with Crippen molar-refractivity contribution in [3.8, 4) is 12.3 Å². The lowest BCUT2D eigenvalue weighted by atomic mass is 10.2. The van der Waals surface area contributed by atoms with Gasteiger partial charge in [0.1, 0.15) is 0 Å². The molecule has 0 aromatic carbocycles. The van der Waals surface area contributed by atoms with Crippen molar-refractivity contribution in [2.75, 3.05) is 6.54 Å².